The van der Waals surface area contributed by atoms with Gasteiger partial charge in [0.05, 0.1) is 27.8 Å². The zero-order valence-corrected chi connectivity index (χ0v) is 19.5. The van der Waals surface area contributed by atoms with E-state index in [-0.39, 0.29) is 11.8 Å². The number of aromatic nitrogens is 3. The minimum atomic E-state index is -0.165. The summed E-state index contributed by atoms with van der Waals surface area (Å²) < 4.78 is 2.92. The number of rotatable bonds is 6. The molecule has 1 saturated heterocycles. The van der Waals surface area contributed by atoms with Gasteiger partial charge in [0.2, 0.25) is 11.9 Å². The van der Waals surface area contributed by atoms with E-state index >= 15 is 0 Å². The van der Waals surface area contributed by atoms with Crippen LogP contribution in [-0.4, -0.2) is 64.0 Å². The third-order valence-electron chi connectivity index (χ3n) is 5.54. The van der Waals surface area contributed by atoms with Gasteiger partial charge in [-0.1, -0.05) is 22.9 Å². The number of hydrogen-bond donors (Lipinski definition) is 3. The number of imidazole rings is 1. The Morgan fingerprint density at radius 3 is 2.94 bits per heavy atom. The Balaban J connectivity index is 1.27. The highest BCUT2D eigenvalue weighted by atomic mass is 35.5. The molecule has 0 radical (unpaired) electrons. The number of anilines is 2. The standard InChI is InChI=1S/C22H22ClN7O2S/c1-29-17-5-2-13(20(32)25-7-9-30-8-6-24-19(31)12-30)10-16(17)26-21(29)28-22-27-15-4-3-14(23)11-18(15)33-22/h2-5,10-11H,6-9,12H2,1H3,(H,24,31)(H,25,32)(H,26,27,28). The van der Waals surface area contributed by atoms with Crippen molar-refractivity contribution in [2.24, 2.45) is 7.05 Å². The molecule has 0 atom stereocenters. The lowest BCUT2D eigenvalue weighted by molar-refractivity contribution is -0.124. The Morgan fingerprint density at radius 2 is 2.09 bits per heavy atom. The quantitative estimate of drug-likeness (QED) is 0.389. The molecule has 11 heteroatoms. The first-order valence-electron chi connectivity index (χ1n) is 10.5. The van der Waals surface area contributed by atoms with Gasteiger partial charge >= 0.3 is 0 Å². The van der Waals surface area contributed by atoms with Crippen LogP contribution >= 0.6 is 22.9 Å². The normalized spacial score (nSPS) is 14.5. The molecule has 5 rings (SSSR count). The zero-order valence-electron chi connectivity index (χ0n) is 17.9. The van der Waals surface area contributed by atoms with E-state index in [0.29, 0.717) is 48.2 Å². The fourth-order valence-corrected chi connectivity index (χ4v) is 4.95. The first kappa shape index (κ1) is 21.6. The summed E-state index contributed by atoms with van der Waals surface area (Å²) in [6.45, 7) is 2.91. The van der Waals surface area contributed by atoms with Crippen LogP contribution in [0.1, 0.15) is 10.4 Å². The van der Waals surface area contributed by atoms with Crippen LogP contribution in [0.25, 0.3) is 21.3 Å². The van der Waals surface area contributed by atoms with E-state index in [4.69, 9.17) is 11.6 Å². The summed E-state index contributed by atoms with van der Waals surface area (Å²) in [7, 11) is 1.91. The Morgan fingerprint density at radius 1 is 1.21 bits per heavy atom. The molecule has 0 spiro atoms. The average Bonchev–Trinajstić information content (AvgIpc) is 3.33. The number of amides is 2. The van der Waals surface area contributed by atoms with E-state index in [1.165, 1.54) is 11.3 Å². The average molecular weight is 484 g/mol. The molecule has 0 unspecified atom stereocenters. The summed E-state index contributed by atoms with van der Waals surface area (Å²) in [5.41, 5.74) is 3.02. The molecule has 3 N–H and O–H groups in total. The second-order valence-electron chi connectivity index (χ2n) is 7.84. The highest BCUT2D eigenvalue weighted by Crippen LogP contribution is 2.31. The van der Waals surface area contributed by atoms with Crippen LogP contribution in [-0.2, 0) is 11.8 Å². The molecule has 1 aliphatic heterocycles. The third kappa shape index (κ3) is 4.63. The predicted molar refractivity (Wildman–Crippen MR) is 130 cm³/mol. The number of nitrogens with one attached hydrogen (secondary N) is 3. The van der Waals surface area contributed by atoms with Crippen LogP contribution in [0.15, 0.2) is 36.4 Å². The maximum Gasteiger partial charge on any atom is 0.251 e. The highest BCUT2D eigenvalue weighted by molar-refractivity contribution is 7.22. The van der Waals surface area contributed by atoms with Crippen molar-refractivity contribution < 1.29 is 9.59 Å². The van der Waals surface area contributed by atoms with Gasteiger partial charge in [0, 0.05) is 43.8 Å². The number of carbonyl (C=O) groups is 2. The third-order valence-corrected chi connectivity index (χ3v) is 6.71. The van der Waals surface area contributed by atoms with Crippen LogP contribution in [0.5, 0.6) is 0 Å². The van der Waals surface area contributed by atoms with E-state index in [1.807, 2.05) is 40.8 Å². The summed E-state index contributed by atoms with van der Waals surface area (Å²) in [5, 5.41) is 10.4. The van der Waals surface area contributed by atoms with Crippen molar-refractivity contribution in [3.05, 3.63) is 47.0 Å². The lowest BCUT2D eigenvalue weighted by atomic mass is 10.2. The summed E-state index contributed by atoms with van der Waals surface area (Å²) >= 11 is 7.58. The SMILES string of the molecule is Cn1c(Nc2nc3ccc(Cl)cc3s2)nc2cc(C(=O)NCCN3CCNC(=O)C3)ccc21. The summed E-state index contributed by atoms with van der Waals surface area (Å²) in [6, 6.07) is 11.0. The first-order valence-corrected chi connectivity index (χ1v) is 11.7. The van der Waals surface area contributed by atoms with Crippen molar-refractivity contribution in [3.63, 3.8) is 0 Å². The summed E-state index contributed by atoms with van der Waals surface area (Å²) in [4.78, 5) is 35.4. The van der Waals surface area contributed by atoms with Crippen molar-refractivity contribution >= 4 is 67.1 Å². The van der Waals surface area contributed by atoms with Crippen molar-refractivity contribution in [2.45, 2.75) is 0 Å². The fraction of sp³-hybridized carbons (Fsp3) is 0.273. The summed E-state index contributed by atoms with van der Waals surface area (Å²) in [6.07, 6.45) is 0. The van der Waals surface area contributed by atoms with Crippen molar-refractivity contribution in [3.8, 4) is 0 Å². The monoisotopic (exact) mass is 483 g/mol. The number of nitrogens with zero attached hydrogens (tertiary/aromatic N) is 4. The maximum atomic E-state index is 12.6. The molecule has 1 fully saturated rings. The summed E-state index contributed by atoms with van der Waals surface area (Å²) in [5.74, 6) is 0.491. The lowest BCUT2D eigenvalue weighted by Gasteiger charge is -2.26. The van der Waals surface area contributed by atoms with Gasteiger partial charge in [0.25, 0.3) is 5.91 Å². The van der Waals surface area contributed by atoms with Gasteiger partial charge in [-0.05, 0) is 36.4 Å². The molecule has 9 nitrogen and oxygen atoms in total. The molecule has 33 heavy (non-hydrogen) atoms. The van der Waals surface area contributed by atoms with Gasteiger partial charge in [0.1, 0.15) is 0 Å². The van der Waals surface area contributed by atoms with Gasteiger partial charge < -0.3 is 20.5 Å². The minimum Gasteiger partial charge on any atom is -0.354 e. The lowest BCUT2D eigenvalue weighted by Crippen LogP contribution is -2.49. The molecule has 0 bridgehead atoms. The van der Waals surface area contributed by atoms with E-state index in [9.17, 15) is 9.59 Å². The number of hydrogen-bond acceptors (Lipinski definition) is 7. The number of thiazole rings is 1. The second kappa shape index (κ2) is 8.97. The number of aryl methyl sites for hydroxylation is 1. The molecule has 1 aliphatic rings. The van der Waals surface area contributed by atoms with Crippen molar-refractivity contribution in [1.82, 2.24) is 30.1 Å². The van der Waals surface area contributed by atoms with Crippen molar-refractivity contribution in [1.29, 1.82) is 0 Å². The van der Waals surface area contributed by atoms with Crippen LogP contribution in [0.4, 0.5) is 11.1 Å². The van der Waals surface area contributed by atoms with Gasteiger partial charge in [-0.25, -0.2) is 9.97 Å². The topological polar surface area (TPSA) is 104 Å². The Hall–Kier alpha value is -3.21. The second-order valence-corrected chi connectivity index (χ2v) is 9.30. The van der Waals surface area contributed by atoms with Gasteiger partial charge in [-0.2, -0.15) is 0 Å². The van der Waals surface area contributed by atoms with Crippen molar-refractivity contribution in [2.75, 3.05) is 38.0 Å². The largest absolute Gasteiger partial charge is 0.354 e. The molecule has 3 heterocycles. The smallest absolute Gasteiger partial charge is 0.251 e. The highest BCUT2D eigenvalue weighted by Gasteiger charge is 2.17. The Bertz CT molecular complexity index is 1370. The zero-order chi connectivity index (χ0) is 22.9. The molecular formula is C22H22ClN7O2S. The predicted octanol–water partition coefficient (Wildman–Crippen LogP) is 2.74. The molecule has 2 aromatic heterocycles. The van der Waals surface area contributed by atoms with Crippen LogP contribution in [0.3, 0.4) is 0 Å². The molecule has 2 aromatic carbocycles. The maximum absolute atomic E-state index is 12.6. The van der Waals surface area contributed by atoms with E-state index in [2.05, 4.69) is 25.9 Å². The van der Waals surface area contributed by atoms with Gasteiger partial charge in [-0.15, -0.1) is 0 Å². The van der Waals surface area contributed by atoms with Gasteiger partial charge in [-0.3, -0.25) is 14.5 Å². The van der Waals surface area contributed by atoms with E-state index in [0.717, 1.165) is 27.4 Å². The van der Waals surface area contributed by atoms with E-state index < -0.39 is 0 Å². The molecule has 0 saturated carbocycles. The minimum absolute atomic E-state index is 0.0206. The fourth-order valence-electron chi connectivity index (χ4n) is 3.81. The Kier molecular flexibility index (Phi) is 5.88. The molecular weight excluding hydrogens is 462 g/mol. The number of piperazine rings is 1. The number of halogens is 1. The number of fused-ring (bicyclic) bond motifs is 2. The van der Waals surface area contributed by atoms with E-state index in [1.54, 1.807) is 12.1 Å². The molecule has 4 aromatic rings. The van der Waals surface area contributed by atoms with Crippen LogP contribution in [0, 0.1) is 0 Å². The van der Waals surface area contributed by atoms with Gasteiger partial charge in [0.15, 0.2) is 5.13 Å². The first-order chi connectivity index (χ1) is 16.0. The number of carbonyl (C=O) groups excluding carboxylic acids is 2. The molecule has 170 valence electrons. The molecule has 0 aliphatic carbocycles. The molecule has 2 amide bonds. The van der Waals surface area contributed by atoms with Crippen LogP contribution in [0.2, 0.25) is 5.02 Å². The van der Waals surface area contributed by atoms with Crippen LogP contribution < -0.4 is 16.0 Å². The Labute approximate surface area is 198 Å². The number of benzene rings is 2.